The van der Waals surface area contributed by atoms with Gasteiger partial charge in [0.05, 0.1) is 5.41 Å². The molecule has 63 heavy (non-hydrogen) atoms. The Morgan fingerprint density at radius 1 is 0.302 bits per heavy atom. The normalized spacial score (nSPS) is 12.8. The lowest BCUT2D eigenvalue weighted by Crippen LogP contribution is -2.28. The number of ether oxygens (including phenoxy) is 2. The van der Waals surface area contributed by atoms with E-state index in [0.717, 1.165) is 61.4 Å². The van der Waals surface area contributed by atoms with E-state index in [9.17, 15) is 0 Å². The van der Waals surface area contributed by atoms with Crippen LogP contribution in [0.2, 0.25) is 0 Å². The highest BCUT2D eigenvalue weighted by Gasteiger charge is 2.48. The molecule has 1 aromatic heterocycles. The molecular weight excluding hydrogens is 771 g/mol. The molecule has 0 fully saturated rings. The van der Waals surface area contributed by atoms with Crippen molar-refractivity contribution in [3.8, 4) is 90.5 Å². The van der Waals surface area contributed by atoms with Crippen LogP contribution in [0.15, 0.2) is 224 Å². The van der Waals surface area contributed by atoms with Crippen LogP contribution < -0.4 is 9.47 Å². The first-order valence-corrected chi connectivity index (χ1v) is 21.2. The fourth-order valence-electron chi connectivity index (χ4n) is 9.40. The zero-order valence-electron chi connectivity index (χ0n) is 34.0. The minimum Gasteiger partial charge on any atom is -0.449 e. The molecule has 0 N–H and O–H groups in total. The van der Waals surface area contributed by atoms with Crippen molar-refractivity contribution in [3.05, 3.63) is 247 Å². The molecule has 1 aliphatic heterocycles. The lowest BCUT2D eigenvalue weighted by molar-refractivity contribution is 0.360. The molecule has 0 atom stereocenters. The second-order valence-corrected chi connectivity index (χ2v) is 15.9. The third-order valence-electron chi connectivity index (χ3n) is 12.3. The highest BCUT2D eigenvalue weighted by Crippen LogP contribution is 2.62. The molecule has 5 heteroatoms. The number of aromatic nitrogens is 3. The van der Waals surface area contributed by atoms with Gasteiger partial charge in [-0.15, -0.1) is 0 Å². The summed E-state index contributed by atoms with van der Waals surface area (Å²) in [6.45, 7) is 0. The minimum absolute atomic E-state index is 0.546. The number of hydrogen-bond acceptors (Lipinski definition) is 5. The lowest BCUT2D eigenvalue weighted by Gasteiger charge is -2.34. The minimum atomic E-state index is -0.546. The molecule has 0 saturated carbocycles. The zero-order chi connectivity index (χ0) is 41.7. The van der Waals surface area contributed by atoms with Gasteiger partial charge in [0.15, 0.2) is 40.5 Å². The molecule has 2 aliphatic rings. The maximum Gasteiger partial charge on any atom is 0.178 e. The fourth-order valence-corrected chi connectivity index (χ4v) is 9.40. The van der Waals surface area contributed by atoms with Gasteiger partial charge in [0.1, 0.15) is 0 Å². The van der Waals surface area contributed by atoms with Crippen LogP contribution in [0.1, 0.15) is 22.3 Å². The van der Waals surface area contributed by atoms with Crippen LogP contribution in [0.5, 0.6) is 23.0 Å². The van der Waals surface area contributed by atoms with Crippen molar-refractivity contribution in [1.29, 1.82) is 0 Å². The zero-order valence-corrected chi connectivity index (χ0v) is 34.0. The van der Waals surface area contributed by atoms with Gasteiger partial charge in [0.25, 0.3) is 0 Å². The van der Waals surface area contributed by atoms with Crippen LogP contribution in [0.3, 0.4) is 0 Å². The predicted molar refractivity (Wildman–Crippen MR) is 251 cm³/mol. The fraction of sp³-hybridized carbons (Fsp3) is 0.0172. The Labute approximate surface area is 365 Å². The van der Waals surface area contributed by atoms with Gasteiger partial charge < -0.3 is 9.47 Å². The first-order valence-electron chi connectivity index (χ1n) is 21.2. The van der Waals surface area contributed by atoms with E-state index in [1.54, 1.807) is 0 Å². The summed E-state index contributed by atoms with van der Waals surface area (Å²) in [6, 6.07) is 77.9. The van der Waals surface area contributed by atoms with E-state index >= 15 is 0 Å². The predicted octanol–water partition coefficient (Wildman–Crippen LogP) is 14.5. The van der Waals surface area contributed by atoms with Crippen molar-refractivity contribution in [2.45, 2.75) is 5.41 Å². The number of fused-ring (bicyclic) bond motifs is 6. The Balaban J connectivity index is 0.943. The summed E-state index contributed by atoms with van der Waals surface area (Å²) in [4.78, 5) is 15.2. The molecule has 9 aromatic carbocycles. The average Bonchev–Trinajstić information content (AvgIpc) is 3.68. The third-order valence-corrected chi connectivity index (χ3v) is 12.3. The van der Waals surface area contributed by atoms with Crippen molar-refractivity contribution in [1.82, 2.24) is 15.0 Å². The number of benzene rings is 9. The highest BCUT2D eigenvalue weighted by molar-refractivity contribution is 5.92. The summed E-state index contributed by atoms with van der Waals surface area (Å²) in [5.41, 5.74) is 13.3. The van der Waals surface area contributed by atoms with Crippen LogP contribution in [-0.2, 0) is 5.41 Å². The van der Waals surface area contributed by atoms with Gasteiger partial charge in [0.2, 0.25) is 0 Å². The first-order chi connectivity index (χ1) is 31.2. The van der Waals surface area contributed by atoms with E-state index in [0.29, 0.717) is 34.7 Å². The largest absolute Gasteiger partial charge is 0.449 e. The first kappa shape index (κ1) is 36.4. The molecule has 5 nitrogen and oxygen atoms in total. The molecule has 0 spiro atoms. The number of hydrogen-bond donors (Lipinski definition) is 0. The topological polar surface area (TPSA) is 57.1 Å². The molecule has 12 rings (SSSR count). The standard InChI is InChI=1S/C58H37N3O2/c1-5-17-38(18-6-1)40-21-15-23-43(35-40)56-59-55(39-19-7-2-8-20-39)60-57(61-56)44-24-16-22-41(36-44)42-31-33-50-52(37-42)63-54-51(62-50)34-32-49-53(54)47-29-13-14-30-48(47)58(49,45-25-9-3-10-26-45)46-27-11-4-12-28-46/h1-37H. The summed E-state index contributed by atoms with van der Waals surface area (Å²) >= 11 is 0. The van der Waals surface area contributed by atoms with Crippen molar-refractivity contribution in [3.63, 3.8) is 0 Å². The van der Waals surface area contributed by atoms with Gasteiger partial charge in [-0.25, -0.2) is 15.0 Å². The molecule has 0 unspecified atom stereocenters. The molecule has 0 bridgehead atoms. The molecule has 0 saturated heterocycles. The van der Waals surface area contributed by atoms with Gasteiger partial charge in [-0.2, -0.15) is 0 Å². The van der Waals surface area contributed by atoms with E-state index in [-0.39, 0.29) is 0 Å². The van der Waals surface area contributed by atoms with E-state index in [4.69, 9.17) is 24.4 Å². The molecule has 0 radical (unpaired) electrons. The molecular formula is C58H37N3O2. The van der Waals surface area contributed by atoms with E-state index in [2.05, 4.69) is 182 Å². The van der Waals surface area contributed by atoms with Crippen LogP contribution in [0.4, 0.5) is 0 Å². The summed E-state index contributed by atoms with van der Waals surface area (Å²) in [7, 11) is 0. The summed E-state index contributed by atoms with van der Waals surface area (Å²) in [5, 5.41) is 0. The Morgan fingerprint density at radius 2 is 0.778 bits per heavy atom. The van der Waals surface area contributed by atoms with Crippen LogP contribution >= 0.6 is 0 Å². The lowest BCUT2D eigenvalue weighted by atomic mass is 9.68. The van der Waals surface area contributed by atoms with Gasteiger partial charge in [0, 0.05) is 22.3 Å². The quantitative estimate of drug-likeness (QED) is 0.161. The second-order valence-electron chi connectivity index (χ2n) is 15.9. The van der Waals surface area contributed by atoms with Crippen molar-refractivity contribution >= 4 is 0 Å². The average molecular weight is 808 g/mol. The van der Waals surface area contributed by atoms with Crippen molar-refractivity contribution in [2.24, 2.45) is 0 Å². The van der Waals surface area contributed by atoms with Gasteiger partial charge >= 0.3 is 0 Å². The third kappa shape index (κ3) is 6.13. The summed E-state index contributed by atoms with van der Waals surface area (Å²) < 4.78 is 13.7. The number of nitrogens with zero attached hydrogens (tertiary/aromatic N) is 3. The van der Waals surface area contributed by atoms with Crippen molar-refractivity contribution in [2.75, 3.05) is 0 Å². The second kappa shape index (κ2) is 14.9. The molecule has 0 amide bonds. The maximum absolute atomic E-state index is 7.03. The molecule has 2 heterocycles. The van der Waals surface area contributed by atoms with Gasteiger partial charge in [-0.3, -0.25) is 0 Å². The molecule has 296 valence electrons. The highest BCUT2D eigenvalue weighted by atomic mass is 16.6. The Kier molecular flexibility index (Phi) is 8.64. The smallest absolute Gasteiger partial charge is 0.178 e. The van der Waals surface area contributed by atoms with Crippen LogP contribution in [0.25, 0.3) is 67.5 Å². The molecule has 10 aromatic rings. The Bertz CT molecular complexity index is 3300. The Hall–Kier alpha value is -8.41. The van der Waals surface area contributed by atoms with E-state index in [1.165, 1.54) is 16.7 Å². The van der Waals surface area contributed by atoms with Crippen LogP contribution in [0, 0.1) is 0 Å². The summed E-state index contributed by atoms with van der Waals surface area (Å²) in [6.07, 6.45) is 0. The number of rotatable bonds is 7. The Morgan fingerprint density at radius 3 is 1.41 bits per heavy atom. The SMILES string of the molecule is c1ccc(-c2cccc(-c3nc(-c4ccccc4)nc(-c4cccc(-c5ccc6c(c5)Oc5c(ccc7c5-c5ccccc5C7(c5ccccc5)c5ccccc5)O6)c4)n3)c2)cc1. The van der Waals surface area contributed by atoms with Gasteiger partial charge in [-0.1, -0.05) is 194 Å². The molecule has 1 aliphatic carbocycles. The van der Waals surface area contributed by atoms with E-state index < -0.39 is 5.41 Å². The monoisotopic (exact) mass is 807 g/mol. The maximum atomic E-state index is 7.03. The van der Waals surface area contributed by atoms with Gasteiger partial charge in [-0.05, 0) is 80.4 Å². The summed E-state index contributed by atoms with van der Waals surface area (Å²) in [5.74, 6) is 4.54. The van der Waals surface area contributed by atoms with Crippen LogP contribution in [-0.4, -0.2) is 15.0 Å². The van der Waals surface area contributed by atoms with Crippen molar-refractivity contribution < 1.29 is 9.47 Å². The van der Waals surface area contributed by atoms with E-state index in [1.807, 2.05) is 42.5 Å².